The van der Waals surface area contributed by atoms with Crippen LogP contribution in [0.5, 0.6) is 0 Å². The molecule has 0 bridgehead atoms. The van der Waals surface area contributed by atoms with Gasteiger partial charge in [-0.3, -0.25) is 9.20 Å². The molecule has 2 aromatic rings. The molecule has 0 radical (unpaired) electrons. The van der Waals surface area contributed by atoms with Crippen LogP contribution in [-0.4, -0.2) is 49.7 Å². The highest BCUT2D eigenvalue weighted by molar-refractivity contribution is 5.74. The number of nitrogens with one attached hydrogen (secondary N) is 1. The van der Waals surface area contributed by atoms with Gasteiger partial charge in [-0.15, -0.1) is 10.2 Å². The molecule has 0 spiro atoms. The zero-order valence-electron chi connectivity index (χ0n) is 14.4. The number of amides is 2. The zero-order chi connectivity index (χ0) is 17.2. The lowest BCUT2D eigenvalue weighted by molar-refractivity contribution is 0.200. The van der Waals surface area contributed by atoms with Crippen LogP contribution >= 0.6 is 0 Å². The van der Waals surface area contributed by atoms with Gasteiger partial charge in [0.1, 0.15) is 5.82 Å². The lowest BCUT2D eigenvalue weighted by Crippen LogP contribution is -2.41. The first-order valence-corrected chi connectivity index (χ1v) is 9.21. The van der Waals surface area contributed by atoms with Crippen LogP contribution in [0.15, 0.2) is 17.2 Å². The van der Waals surface area contributed by atoms with E-state index >= 15 is 0 Å². The van der Waals surface area contributed by atoms with E-state index < -0.39 is 0 Å². The van der Waals surface area contributed by atoms with Gasteiger partial charge < -0.3 is 14.8 Å². The minimum absolute atomic E-state index is 0.00758. The number of carbonyl (C=O) groups excluding carboxylic acids is 1. The van der Waals surface area contributed by atoms with Gasteiger partial charge in [-0.05, 0) is 25.7 Å². The van der Waals surface area contributed by atoms with E-state index in [0.717, 1.165) is 38.8 Å². The van der Waals surface area contributed by atoms with Crippen LogP contribution < -0.4 is 10.9 Å². The number of nitrogens with zero attached hydrogens (tertiary/aromatic N) is 5. The molecule has 1 aliphatic heterocycles. The number of hydrogen-bond acceptors (Lipinski definition) is 4. The molecule has 0 aromatic carbocycles. The molecule has 8 nitrogen and oxygen atoms in total. The van der Waals surface area contributed by atoms with E-state index in [9.17, 15) is 9.59 Å². The van der Waals surface area contributed by atoms with Gasteiger partial charge in [0, 0.05) is 44.5 Å². The van der Waals surface area contributed by atoms with Crippen molar-refractivity contribution in [3.8, 4) is 0 Å². The smallest absolute Gasteiger partial charge is 0.317 e. The van der Waals surface area contributed by atoms with E-state index in [4.69, 9.17) is 0 Å². The second-order valence-electron chi connectivity index (χ2n) is 6.93. The topological polar surface area (TPSA) is 84.5 Å². The van der Waals surface area contributed by atoms with Crippen molar-refractivity contribution in [1.82, 2.24) is 29.4 Å². The van der Waals surface area contributed by atoms with Crippen LogP contribution in [0.4, 0.5) is 4.79 Å². The van der Waals surface area contributed by atoms with Gasteiger partial charge in [-0.1, -0.05) is 12.8 Å². The Bertz CT molecular complexity index is 814. The summed E-state index contributed by atoms with van der Waals surface area (Å²) in [6, 6.07) is 0.317. The van der Waals surface area contributed by atoms with Crippen molar-refractivity contribution in [2.24, 2.45) is 0 Å². The Labute approximate surface area is 145 Å². The summed E-state index contributed by atoms with van der Waals surface area (Å²) in [6.45, 7) is 2.16. The summed E-state index contributed by atoms with van der Waals surface area (Å²) in [5.41, 5.74) is 0.278. The second-order valence-corrected chi connectivity index (χ2v) is 6.93. The van der Waals surface area contributed by atoms with Crippen LogP contribution in [0.1, 0.15) is 50.4 Å². The van der Waals surface area contributed by atoms with Gasteiger partial charge in [-0.2, -0.15) is 0 Å². The van der Waals surface area contributed by atoms with E-state index in [1.165, 1.54) is 12.8 Å². The molecule has 0 unspecified atom stereocenters. The molecule has 1 aliphatic carbocycles. The van der Waals surface area contributed by atoms with Gasteiger partial charge >= 0.3 is 6.03 Å². The summed E-state index contributed by atoms with van der Waals surface area (Å²) in [5.74, 6) is 0.700. The molecule has 1 saturated carbocycles. The summed E-state index contributed by atoms with van der Waals surface area (Å²) in [7, 11) is 0. The van der Waals surface area contributed by atoms with Crippen molar-refractivity contribution in [3.63, 3.8) is 0 Å². The fraction of sp³-hybridized carbons (Fsp3) is 0.647. The van der Waals surface area contributed by atoms with E-state index in [2.05, 4.69) is 15.5 Å². The molecule has 2 amide bonds. The maximum Gasteiger partial charge on any atom is 0.317 e. The molecule has 2 fully saturated rings. The Kier molecular flexibility index (Phi) is 4.42. The summed E-state index contributed by atoms with van der Waals surface area (Å²) in [4.78, 5) is 26.5. The SMILES string of the molecule is O=C(NCCc1nnc2c(=O)n(C3CC3)ccn12)N1CCCCCC1. The van der Waals surface area contributed by atoms with E-state index in [-0.39, 0.29) is 11.6 Å². The minimum Gasteiger partial charge on any atom is -0.338 e. The van der Waals surface area contributed by atoms with Crippen LogP contribution in [0, 0.1) is 0 Å². The van der Waals surface area contributed by atoms with Crippen molar-refractivity contribution in [1.29, 1.82) is 0 Å². The number of carbonyl (C=O) groups is 1. The fourth-order valence-electron chi connectivity index (χ4n) is 3.43. The maximum atomic E-state index is 12.4. The van der Waals surface area contributed by atoms with E-state index in [1.807, 2.05) is 17.3 Å². The summed E-state index contributed by atoms with van der Waals surface area (Å²) in [6.07, 6.45) is 10.9. The normalized spacial score (nSPS) is 18.3. The van der Waals surface area contributed by atoms with Crippen LogP contribution in [0.25, 0.3) is 5.65 Å². The predicted molar refractivity (Wildman–Crippen MR) is 92.7 cm³/mol. The number of likely N-dealkylation sites (tertiary alicyclic amines) is 1. The maximum absolute atomic E-state index is 12.4. The van der Waals surface area contributed by atoms with Crippen LogP contribution in [0.3, 0.4) is 0 Å². The first kappa shape index (κ1) is 16.1. The Morgan fingerprint density at radius 2 is 1.88 bits per heavy atom. The highest BCUT2D eigenvalue weighted by Crippen LogP contribution is 2.33. The Hall–Kier alpha value is -2.38. The molecule has 4 rings (SSSR count). The van der Waals surface area contributed by atoms with Crippen molar-refractivity contribution in [2.45, 2.75) is 51.0 Å². The third-order valence-electron chi connectivity index (χ3n) is 5.03. The van der Waals surface area contributed by atoms with Crippen molar-refractivity contribution < 1.29 is 4.79 Å². The highest BCUT2D eigenvalue weighted by Gasteiger charge is 2.25. The standard InChI is InChI=1S/C17H24N6O2/c24-16-15-20-19-14(23(15)12-11-22(16)13-5-6-13)7-8-18-17(25)21-9-3-1-2-4-10-21/h11-13H,1-10H2,(H,18,25). The average molecular weight is 344 g/mol. The van der Waals surface area contributed by atoms with Crippen molar-refractivity contribution in [2.75, 3.05) is 19.6 Å². The summed E-state index contributed by atoms with van der Waals surface area (Å²) < 4.78 is 3.48. The first-order chi connectivity index (χ1) is 12.2. The number of aromatic nitrogens is 4. The average Bonchev–Trinajstić information content (AvgIpc) is 3.41. The Morgan fingerprint density at radius 1 is 1.12 bits per heavy atom. The lowest BCUT2D eigenvalue weighted by atomic mass is 10.2. The van der Waals surface area contributed by atoms with Gasteiger partial charge in [0.15, 0.2) is 0 Å². The highest BCUT2D eigenvalue weighted by atomic mass is 16.2. The van der Waals surface area contributed by atoms with Crippen molar-refractivity contribution in [3.05, 3.63) is 28.6 Å². The summed E-state index contributed by atoms with van der Waals surface area (Å²) >= 11 is 0. The molecule has 2 aromatic heterocycles. The molecule has 8 heteroatoms. The number of urea groups is 1. The predicted octanol–water partition coefficient (Wildman–Crippen LogP) is 1.35. The molecule has 134 valence electrons. The van der Waals surface area contributed by atoms with Gasteiger partial charge in [0.2, 0.25) is 5.65 Å². The lowest BCUT2D eigenvalue weighted by Gasteiger charge is -2.20. The van der Waals surface area contributed by atoms with Crippen LogP contribution in [-0.2, 0) is 6.42 Å². The molecular weight excluding hydrogens is 320 g/mol. The third-order valence-corrected chi connectivity index (χ3v) is 5.03. The van der Waals surface area contributed by atoms with E-state index in [0.29, 0.717) is 30.5 Å². The summed E-state index contributed by atoms with van der Waals surface area (Å²) in [5, 5.41) is 11.1. The Balaban J connectivity index is 1.39. The minimum atomic E-state index is -0.0858. The fourth-order valence-corrected chi connectivity index (χ4v) is 3.43. The largest absolute Gasteiger partial charge is 0.338 e. The monoisotopic (exact) mass is 344 g/mol. The third kappa shape index (κ3) is 3.38. The second kappa shape index (κ2) is 6.85. The first-order valence-electron chi connectivity index (χ1n) is 9.21. The van der Waals surface area contributed by atoms with Gasteiger partial charge in [0.25, 0.3) is 5.56 Å². The zero-order valence-corrected chi connectivity index (χ0v) is 14.4. The van der Waals surface area contributed by atoms with Gasteiger partial charge in [-0.25, -0.2) is 4.79 Å². The number of hydrogen-bond donors (Lipinski definition) is 1. The molecular formula is C17H24N6O2. The number of fused-ring (bicyclic) bond motifs is 1. The van der Waals surface area contributed by atoms with E-state index in [1.54, 1.807) is 8.97 Å². The molecule has 3 heterocycles. The van der Waals surface area contributed by atoms with Crippen molar-refractivity contribution >= 4 is 11.7 Å². The quantitative estimate of drug-likeness (QED) is 0.907. The Morgan fingerprint density at radius 3 is 2.60 bits per heavy atom. The van der Waals surface area contributed by atoms with Gasteiger partial charge in [0.05, 0.1) is 0 Å². The molecule has 1 saturated heterocycles. The molecule has 2 aliphatic rings. The molecule has 25 heavy (non-hydrogen) atoms. The molecule has 1 N–H and O–H groups in total. The molecule has 0 atom stereocenters. The number of rotatable bonds is 4. The van der Waals surface area contributed by atoms with Crippen LogP contribution in [0.2, 0.25) is 0 Å².